The Morgan fingerprint density at radius 3 is 3.07 bits per heavy atom. The molecule has 1 unspecified atom stereocenters. The number of para-hydroxylation sites is 1. The molecule has 0 saturated carbocycles. The smallest absolute Gasteiger partial charge is 0.134 e. The molecule has 1 N–H and O–H groups in total. The van der Waals surface area contributed by atoms with Crippen LogP contribution in [0.3, 0.4) is 0 Å². The van der Waals surface area contributed by atoms with Crippen LogP contribution in [-0.4, -0.2) is 13.1 Å². The summed E-state index contributed by atoms with van der Waals surface area (Å²) >= 11 is 0. The van der Waals surface area contributed by atoms with Crippen LogP contribution in [-0.2, 0) is 0 Å². The van der Waals surface area contributed by atoms with Gasteiger partial charge in [-0.05, 0) is 19.0 Å². The summed E-state index contributed by atoms with van der Waals surface area (Å²) in [5.41, 5.74) is 2.38. The highest BCUT2D eigenvalue weighted by molar-refractivity contribution is 5.81. The van der Waals surface area contributed by atoms with E-state index in [1.54, 1.807) is 0 Å². The lowest BCUT2D eigenvalue weighted by Gasteiger charge is -2.04. The Balaban J connectivity index is 2.11. The molecule has 2 heterocycles. The highest BCUT2D eigenvalue weighted by atomic mass is 16.3. The first kappa shape index (κ1) is 8.06. The summed E-state index contributed by atoms with van der Waals surface area (Å²) in [6.45, 7) is 2.22. The fraction of sp³-hybridized carbons (Fsp3) is 0.333. The van der Waals surface area contributed by atoms with Gasteiger partial charge in [0.1, 0.15) is 5.58 Å². The molecule has 1 aromatic heterocycles. The molecule has 1 aliphatic rings. The predicted octanol–water partition coefficient (Wildman–Crippen LogP) is 2.51. The van der Waals surface area contributed by atoms with Crippen LogP contribution in [0, 0.1) is 0 Å². The van der Waals surface area contributed by atoms with Crippen LogP contribution in [0.25, 0.3) is 11.0 Å². The van der Waals surface area contributed by atoms with Crippen LogP contribution >= 0.6 is 0 Å². The fourth-order valence-corrected chi connectivity index (χ4v) is 2.23. The number of nitrogens with one attached hydrogen (secondary N) is 1. The molecular formula is C12H13NO. The van der Waals surface area contributed by atoms with E-state index in [-0.39, 0.29) is 0 Å². The molecule has 0 radical (unpaired) electrons. The van der Waals surface area contributed by atoms with Gasteiger partial charge in [-0.2, -0.15) is 0 Å². The number of fused-ring (bicyclic) bond motifs is 1. The molecule has 0 amide bonds. The second kappa shape index (κ2) is 3.14. The molecule has 0 spiro atoms. The van der Waals surface area contributed by atoms with Crippen LogP contribution in [0.15, 0.2) is 34.9 Å². The zero-order chi connectivity index (χ0) is 9.38. The minimum Gasteiger partial charge on any atom is -0.464 e. The Labute approximate surface area is 82.9 Å². The van der Waals surface area contributed by atoms with Crippen molar-refractivity contribution in [2.24, 2.45) is 0 Å². The van der Waals surface area contributed by atoms with Gasteiger partial charge in [-0.25, -0.2) is 0 Å². The van der Waals surface area contributed by atoms with E-state index < -0.39 is 0 Å². The van der Waals surface area contributed by atoms with E-state index in [1.807, 2.05) is 18.4 Å². The summed E-state index contributed by atoms with van der Waals surface area (Å²) in [6.07, 6.45) is 3.14. The monoisotopic (exact) mass is 187 g/mol. The van der Waals surface area contributed by atoms with E-state index in [0.29, 0.717) is 5.92 Å². The lowest BCUT2D eigenvalue weighted by Crippen LogP contribution is -2.07. The molecule has 1 aliphatic heterocycles. The van der Waals surface area contributed by atoms with Gasteiger partial charge >= 0.3 is 0 Å². The van der Waals surface area contributed by atoms with Gasteiger partial charge in [0.15, 0.2) is 0 Å². The average molecular weight is 187 g/mol. The van der Waals surface area contributed by atoms with Gasteiger partial charge in [0.2, 0.25) is 0 Å². The summed E-state index contributed by atoms with van der Waals surface area (Å²) in [4.78, 5) is 0. The van der Waals surface area contributed by atoms with Crippen LogP contribution in [0.4, 0.5) is 0 Å². The first-order valence-electron chi connectivity index (χ1n) is 5.12. The Kier molecular flexibility index (Phi) is 1.81. The fourth-order valence-electron chi connectivity index (χ4n) is 2.23. The second-order valence-corrected chi connectivity index (χ2v) is 3.88. The summed E-state index contributed by atoms with van der Waals surface area (Å²) in [7, 11) is 0. The minimum atomic E-state index is 0.638. The van der Waals surface area contributed by atoms with Crippen LogP contribution in [0.5, 0.6) is 0 Å². The van der Waals surface area contributed by atoms with Crippen LogP contribution in [0.1, 0.15) is 17.9 Å². The molecule has 1 saturated heterocycles. The molecular weight excluding hydrogens is 174 g/mol. The molecule has 3 rings (SSSR count). The van der Waals surface area contributed by atoms with Gasteiger partial charge in [0.05, 0.1) is 6.26 Å². The zero-order valence-electron chi connectivity index (χ0n) is 7.99. The number of hydrogen-bond acceptors (Lipinski definition) is 2. The normalized spacial score (nSPS) is 21.9. The van der Waals surface area contributed by atoms with E-state index in [9.17, 15) is 0 Å². The second-order valence-electron chi connectivity index (χ2n) is 3.88. The van der Waals surface area contributed by atoms with Crippen molar-refractivity contribution in [3.63, 3.8) is 0 Å². The van der Waals surface area contributed by atoms with Crippen molar-refractivity contribution < 1.29 is 4.42 Å². The summed E-state index contributed by atoms with van der Waals surface area (Å²) in [6, 6.07) is 8.26. The quantitative estimate of drug-likeness (QED) is 0.742. The molecule has 1 aromatic carbocycles. The third kappa shape index (κ3) is 1.15. The average Bonchev–Trinajstić information content (AvgIpc) is 2.85. The molecule has 1 fully saturated rings. The molecule has 0 aliphatic carbocycles. The van der Waals surface area contributed by atoms with Gasteiger partial charge in [0.25, 0.3) is 0 Å². The summed E-state index contributed by atoms with van der Waals surface area (Å²) < 4.78 is 5.53. The van der Waals surface area contributed by atoms with E-state index in [0.717, 1.165) is 18.7 Å². The Hall–Kier alpha value is -1.28. The van der Waals surface area contributed by atoms with E-state index in [1.165, 1.54) is 17.4 Å². The Bertz CT molecular complexity index is 440. The molecule has 0 bridgehead atoms. The van der Waals surface area contributed by atoms with E-state index >= 15 is 0 Å². The van der Waals surface area contributed by atoms with Gasteiger partial charge in [-0.15, -0.1) is 0 Å². The standard InChI is InChI=1S/C12H13NO/c1-2-4-12-10(3-1)11(8-14-12)9-5-6-13-7-9/h1-4,8-9,13H,5-7H2. The highest BCUT2D eigenvalue weighted by Gasteiger charge is 2.20. The Morgan fingerprint density at radius 1 is 1.29 bits per heavy atom. The predicted molar refractivity (Wildman–Crippen MR) is 56.4 cm³/mol. The largest absolute Gasteiger partial charge is 0.464 e. The maximum absolute atomic E-state index is 5.53. The lowest BCUT2D eigenvalue weighted by molar-refractivity contribution is 0.602. The van der Waals surface area contributed by atoms with Crippen molar-refractivity contribution in [1.82, 2.24) is 5.32 Å². The van der Waals surface area contributed by atoms with Crippen molar-refractivity contribution in [2.45, 2.75) is 12.3 Å². The van der Waals surface area contributed by atoms with Crippen molar-refractivity contribution in [3.05, 3.63) is 36.1 Å². The molecule has 14 heavy (non-hydrogen) atoms. The maximum atomic E-state index is 5.53. The third-order valence-corrected chi connectivity index (χ3v) is 3.01. The van der Waals surface area contributed by atoms with Crippen LogP contribution < -0.4 is 5.32 Å². The molecule has 2 aromatic rings. The molecule has 2 heteroatoms. The number of rotatable bonds is 1. The molecule has 72 valence electrons. The van der Waals surface area contributed by atoms with Crippen molar-refractivity contribution in [2.75, 3.05) is 13.1 Å². The minimum absolute atomic E-state index is 0.638. The first-order chi connectivity index (χ1) is 6.95. The zero-order valence-corrected chi connectivity index (χ0v) is 7.99. The Morgan fingerprint density at radius 2 is 2.21 bits per heavy atom. The van der Waals surface area contributed by atoms with Crippen molar-refractivity contribution in [3.8, 4) is 0 Å². The number of furan rings is 1. The highest BCUT2D eigenvalue weighted by Crippen LogP contribution is 2.30. The summed E-state index contributed by atoms with van der Waals surface area (Å²) in [5, 5.41) is 4.66. The van der Waals surface area contributed by atoms with Crippen molar-refractivity contribution >= 4 is 11.0 Å². The number of hydrogen-bond donors (Lipinski definition) is 1. The van der Waals surface area contributed by atoms with Crippen molar-refractivity contribution in [1.29, 1.82) is 0 Å². The van der Waals surface area contributed by atoms with Gasteiger partial charge in [0, 0.05) is 23.4 Å². The topological polar surface area (TPSA) is 25.2 Å². The van der Waals surface area contributed by atoms with Gasteiger partial charge in [-0.1, -0.05) is 18.2 Å². The molecule has 2 nitrogen and oxygen atoms in total. The van der Waals surface area contributed by atoms with Crippen LogP contribution in [0.2, 0.25) is 0 Å². The van der Waals surface area contributed by atoms with Gasteiger partial charge < -0.3 is 9.73 Å². The van der Waals surface area contributed by atoms with E-state index in [4.69, 9.17) is 4.42 Å². The number of benzene rings is 1. The summed E-state index contributed by atoms with van der Waals surface area (Å²) in [5.74, 6) is 0.638. The third-order valence-electron chi connectivity index (χ3n) is 3.01. The first-order valence-corrected chi connectivity index (χ1v) is 5.12. The molecule has 1 atom stereocenters. The maximum Gasteiger partial charge on any atom is 0.134 e. The lowest BCUT2D eigenvalue weighted by atomic mass is 9.98. The SMILES string of the molecule is c1ccc2c(C3CCNC3)coc2c1. The van der Waals surface area contributed by atoms with Gasteiger partial charge in [-0.3, -0.25) is 0 Å². The van der Waals surface area contributed by atoms with E-state index in [2.05, 4.69) is 17.4 Å².